The Morgan fingerprint density at radius 3 is 2.67 bits per heavy atom. The monoisotopic (exact) mass is 355 g/mol. The van der Waals surface area contributed by atoms with E-state index in [2.05, 4.69) is 48.1 Å². The molecule has 2 rings (SSSR count). The summed E-state index contributed by atoms with van der Waals surface area (Å²) in [5.74, 6) is 2.03. The largest absolute Gasteiger partial charge is 0.314 e. The van der Waals surface area contributed by atoms with Crippen molar-refractivity contribution in [3.63, 3.8) is 0 Å². The molecule has 21 heavy (non-hydrogen) atoms. The van der Waals surface area contributed by atoms with Gasteiger partial charge in [-0.25, -0.2) is 4.39 Å². The van der Waals surface area contributed by atoms with Crippen molar-refractivity contribution >= 4 is 15.9 Å². The Bertz CT molecular complexity index is 440. The van der Waals surface area contributed by atoms with Gasteiger partial charge in [0.15, 0.2) is 0 Å². The third-order valence-electron chi connectivity index (χ3n) is 4.61. The molecule has 0 radical (unpaired) electrons. The van der Waals surface area contributed by atoms with Crippen LogP contribution in [-0.2, 0) is 6.42 Å². The van der Waals surface area contributed by atoms with Crippen LogP contribution in [0.2, 0.25) is 0 Å². The lowest BCUT2D eigenvalue weighted by atomic mass is 9.72. The van der Waals surface area contributed by atoms with Crippen LogP contribution in [0.1, 0.15) is 45.6 Å². The predicted octanol–water partition coefficient (Wildman–Crippen LogP) is 5.18. The van der Waals surface area contributed by atoms with E-state index in [1.807, 2.05) is 0 Å². The second kappa shape index (κ2) is 7.73. The van der Waals surface area contributed by atoms with Gasteiger partial charge in [-0.2, -0.15) is 0 Å². The van der Waals surface area contributed by atoms with E-state index >= 15 is 0 Å². The lowest BCUT2D eigenvalue weighted by Crippen LogP contribution is -2.36. The van der Waals surface area contributed by atoms with Gasteiger partial charge in [-0.3, -0.25) is 0 Å². The van der Waals surface area contributed by atoms with Crippen LogP contribution >= 0.6 is 15.9 Å². The highest BCUT2D eigenvalue weighted by Gasteiger charge is 2.28. The van der Waals surface area contributed by atoms with Crippen LogP contribution in [0.25, 0.3) is 0 Å². The molecular weight excluding hydrogens is 329 g/mol. The molecule has 1 fully saturated rings. The van der Waals surface area contributed by atoms with Crippen molar-refractivity contribution in [2.24, 2.45) is 17.8 Å². The van der Waals surface area contributed by atoms with E-state index in [-0.39, 0.29) is 5.82 Å². The smallest absolute Gasteiger partial charge is 0.124 e. The Kier molecular flexibility index (Phi) is 6.24. The van der Waals surface area contributed by atoms with Gasteiger partial charge in [0.05, 0.1) is 0 Å². The quantitative estimate of drug-likeness (QED) is 0.766. The minimum Gasteiger partial charge on any atom is -0.314 e. The molecule has 0 aliphatic heterocycles. The minimum absolute atomic E-state index is 0.139. The molecule has 1 aliphatic rings. The number of benzene rings is 1. The Morgan fingerprint density at radius 1 is 1.24 bits per heavy atom. The van der Waals surface area contributed by atoms with Crippen LogP contribution in [-0.4, -0.2) is 12.6 Å². The molecule has 0 saturated heterocycles. The first-order chi connectivity index (χ1) is 9.94. The Balaban J connectivity index is 2.05. The van der Waals surface area contributed by atoms with Crippen molar-refractivity contribution in [2.45, 2.75) is 52.5 Å². The molecule has 0 amide bonds. The van der Waals surface area contributed by atoms with Gasteiger partial charge in [0.1, 0.15) is 5.82 Å². The average Bonchev–Trinajstić information content (AvgIpc) is 2.36. The molecule has 3 unspecified atom stereocenters. The molecule has 3 atom stereocenters. The first-order valence-electron chi connectivity index (χ1n) is 8.12. The zero-order chi connectivity index (χ0) is 15.4. The topological polar surface area (TPSA) is 12.0 Å². The van der Waals surface area contributed by atoms with Crippen LogP contribution in [0.15, 0.2) is 22.7 Å². The summed E-state index contributed by atoms with van der Waals surface area (Å²) in [5.41, 5.74) is 1.12. The van der Waals surface area contributed by atoms with E-state index in [1.54, 1.807) is 6.07 Å². The summed E-state index contributed by atoms with van der Waals surface area (Å²) in [6, 6.07) is 5.82. The van der Waals surface area contributed by atoms with Crippen molar-refractivity contribution in [1.29, 1.82) is 0 Å². The molecule has 1 aliphatic carbocycles. The van der Waals surface area contributed by atoms with Crippen LogP contribution in [0.4, 0.5) is 4.39 Å². The third-order valence-corrected chi connectivity index (χ3v) is 5.07. The summed E-state index contributed by atoms with van der Waals surface area (Å²) < 4.78 is 14.4. The third kappa shape index (κ3) is 5.37. The molecular formula is C18H27BrFN. The van der Waals surface area contributed by atoms with Crippen molar-refractivity contribution in [1.82, 2.24) is 5.32 Å². The Labute approximate surface area is 136 Å². The molecule has 1 aromatic carbocycles. The van der Waals surface area contributed by atoms with Crippen LogP contribution in [0.3, 0.4) is 0 Å². The summed E-state index contributed by atoms with van der Waals surface area (Å²) in [7, 11) is 0. The molecule has 0 aromatic heterocycles. The molecule has 1 aromatic rings. The zero-order valence-corrected chi connectivity index (χ0v) is 14.9. The maximum Gasteiger partial charge on any atom is 0.124 e. The molecule has 3 heteroatoms. The van der Waals surface area contributed by atoms with Crippen LogP contribution in [0, 0.1) is 23.6 Å². The zero-order valence-electron chi connectivity index (χ0n) is 13.3. The number of rotatable bonds is 5. The van der Waals surface area contributed by atoms with Gasteiger partial charge in [-0.15, -0.1) is 0 Å². The normalized spacial score (nSPS) is 26.3. The van der Waals surface area contributed by atoms with Crippen molar-refractivity contribution in [3.8, 4) is 0 Å². The fourth-order valence-electron chi connectivity index (χ4n) is 3.50. The molecule has 0 spiro atoms. The Hall–Kier alpha value is -0.410. The van der Waals surface area contributed by atoms with E-state index in [9.17, 15) is 4.39 Å². The lowest BCUT2D eigenvalue weighted by Gasteiger charge is -2.36. The standard InChI is InChI=1S/C18H27BrFN/c1-12(2)21-11-15-5-4-13(3)6-16(15)7-14-8-17(19)10-18(20)9-14/h8-10,12-13,15-16,21H,4-7,11H2,1-3H3. The van der Waals surface area contributed by atoms with Crippen LogP contribution < -0.4 is 5.32 Å². The van der Waals surface area contributed by atoms with Gasteiger partial charge < -0.3 is 5.32 Å². The highest BCUT2D eigenvalue weighted by molar-refractivity contribution is 9.10. The minimum atomic E-state index is -0.139. The number of nitrogens with one attached hydrogen (secondary N) is 1. The van der Waals surface area contributed by atoms with Gasteiger partial charge in [-0.05, 0) is 67.3 Å². The SMILES string of the molecule is CC1CCC(CNC(C)C)C(Cc2cc(F)cc(Br)c2)C1. The number of hydrogen-bond acceptors (Lipinski definition) is 1. The van der Waals surface area contributed by atoms with E-state index in [1.165, 1.54) is 25.3 Å². The van der Waals surface area contributed by atoms with Crippen LogP contribution in [0.5, 0.6) is 0 Å². The average molecular weight is 356 g/mol. The second-order valence-corrected chi connectivity index (χ2v) is 7.90. The first kappa shape index (κ1) is 17.0. The Morgan fingerprint density at radius 2 is 2.00 bits per heavy atom. The predicted molar refractivity (Wildman–Crippen MR) is 90.9 cm³/mol. The molecule has 118 valence electrons. The van der Waals surface area contributed by atoms with Gasteiger partial charge >= 0.3 is 0 Å². The maximum absolute atomic E-state index is 13.6. The molecule has 0 bridgehead atoms. The maximum atomic E-state index is 13.6. The highest BCUT2D eigenvalue weighted by atomic mass is 79.9. The van der Waals surface area contributed by atoms with Crippen molar-refractivity contribution < 1.29 is 4.39 Å². The molecule has 1 N–H and O–H groups in total. The van der Waals surface area contributed by atoms with Gasteiger partial charge in [0.2, 0.25) is 0 Å². The van der Waals surface area contributed by atoms with E-state index < -0.39 is 0 Å². The van der Waals surface area contributed by atoms with Gasteiger partial charge in [0.25, 0.3) is 0 Å². The fourth-order valence-corrected chi connectivity index (χ4v) is 4.01. The number of halogens is 2. The summed E-state index contributed by atoms with van der Waals surface area (Å²) in [6.45, 7) is 7.83. The fraction of sp³-hybridized carbons (Fsp3) is 0.667. The van der Waals surface area contributed by atoms with Crippen molar-refractivity contribution in [2.75, 3.05) is 6.54 Å². The summed E-state index contributed by atoms with van der Waals surface area (Å²) in [5, 5.41) is 3.59. The van der Waals surface area contributed by atoms with E-state index in [4.69, 9.17) is 0 Å². The van der Waals surface area contributed by atoms with E-state index in [0.717, 1.165) is 28.9 Å². The van der Waals surface area contributed by atoms with Gasteiger partial charge in [0, 0.05) is 10.5 Å². The first-order valence-corrected chi connectivity index (χ1v) is 8.91. The van der Waals surface area contributed by atoms with Gasteiger partial charge in [-0.1, -0.05) is 43.1 Å². The summed E-state index contributed by atoms with van der Waals surface area (Å²) >= 11 is 3.40. The second-order valence-electron chi connectivity index (χ2n) is 6.98. The summed E-state index contributed by atoms with van der Waals surface area (Å²) in [4.78, 5) is 0. The lowest BCUT2D eigenvalue weighted by molar-refractivity contribution is 0.181. The highest BCUT2D eigenvalue weighted by Crippen LogP contribution is 2.36. The molecule has 1 nitrogen and oxygen atoms in total. The summed E-state index contributed by atoms with van der Waals surface area (Å²) in [6.07, 6.45) is 4.87. The van der Waals surface area contributed by atoms with E-state index in [0.29, 0.717) is 17.9 Å². The van der Waals surface area contributed by atoms with Crippen molar-refractivity contribution in [3.05, 3.63) is 34.1 Å². The number of hydrogen-bond donors (Lipinski definition) is 1. The molecule has 0 heterocycles. The molecule has 1 saturated carbocycles.